The van der Waals surface area contributed by atoms with Crippen LogP contribution in [0.4, 0.5) is 0 Å². The highest BCUT2D eigenvalue weighted by Gasteiger charge is 2.24. The van der Waals surface area contributed by atoms with Crippen LogP contribution >= 0.6 is 0 Å². The van der Waals surface area contributed by atoms with E-state index in [1.54, 1.807) is 7.11 Å². The number of carbonyl (C=O) groups excluding carboxylic acids is 1. The van der Waals surface area contributed by atoms with Crippen LogP contribution in [0.1, 0.15) is 32.4 Å². The molecule has 1 rings (SSSR count). The quantitative estimate of drug-likeness (QED) is 0.833. The fraction of sp³-hybridized carbons (Fsp3) is 0.562. The summed E-state index contributed by atoms with van der Waals surface area (Å²) >= 11 is 0. The van der Waals surface area contributed by atoms with E-state index in [9.17, 15) is 4.79 Å². The first kappa shape index (κ1) is 16.5. The highest BCUT2D eigenvalue weighted by molar-refractivity contribution is 5.79. The maximum absolute atomic E-state index is 12.5. The van der Waals surface area contributed by atoms with Crippen LogP contribution in [0.2, 0.25) is 0 Å². The number of benzene rings is 1. The molecular formula is C16H26N2O2. The lowest BCUT2D eigenvalue weighted by Crippen LogP contribution is -2.40. The molecule has 1 aromatic carbocycles. The van der Waals surface area contributed by atoms with Gasteiger partial charge < -0.3 is 15.0 Å². The van der Waals surface area contributed by atoms with Gasteiger partial charge >= 0.3 is 0 Å². The number of rotatable bonds is 7. The Kier molecular flexibility index (Phi) is 6.52. The minimum absolute atomic E-state index is 0.0204. The van der Waals surface area contributed by atoms with Crippen LogP contribution in [-0.4, -0.2) is 38.1 Å². The van der Waals surface area contributed by atoms with Crippen LogP contribution in [0.15, 0.2) is 24.3 Å². The summed E-state index contributed by atoms with van der Waals surface area (Å²) in [6.07, 6.45) is 0. The summed E-state index contributed by atoms with van der Waals surface area (Å²) in [5.41, 5.74) is 1.09. The third-order valence-electron chi connectivity index (χ3n) is 3.60. The van der Waals surface area contributed by atoms with Gasteiger partial charge in [-0.1, -0.05) is 19.1 Å². The first-order valence-corrected chi connectivity index (χ1v) is 7.14. The number of hydrogen-bond donors (Lipinski definition) is 1. The molecule has 2 unspecified atom stereocenters. The van der Waals surface area contributed by atoms with Crippen molar-refractivity contribution in [2.24, 2.45) is 5.92 Å². The smallest absolute Gasteiger partial charge is 0.227 e. The Morgan fingerprint density at radius 1 is 1.40 bits per heavy atom. The van der Waals surface area contributed by atoms with E-state index in [1.165, 1.54) is 0 Å². The van der Waals surface area contributed by atoms with E-state index in [0.29, 0.717) is 13.1 Å². The van der Waals surface area contributed by atoms with Crippen molar-refractivity contribution in [3.8, 4) is 5.75 Å². The van der Waals surface area contributed by atoms with Crippen LogP contribution < -0.4 is 10.1 Å². The molecule has 0 heterocycles. The highest BCUT2D eigenvalue weighted by atomic mass is 16.5. The van der Waals surface area contributed by atoms with E-state index in [0.717, 1.165) is 11.3 Å². The van der Waals surface area contributed by atoms with Gasteiger partial charge in [0.1, 0.15) is 5.75 Å². The molecule has 2 atom stereocenters. The molecule has 4 heteroatoms. The monoisotopic (exact) mass is 278 g/mol. The zero-order valence-corrected chi connectivity index (χ0v) is 13.1. The Balaban J connectivity index is 2.90. The van der Waals surface area contributed by atoms with Crippen LogP contribution in [0.3, 0.4) is 0 Å². The Hall–Kier alpha value is -1.55. The van der Waals surface area contributed by atoms with Gasteiger partial charge in [-0.2, -0.15) is 0 Å². The topological polar surface area (TPSA) is 41.6 Å². The Morgan fingerprint density at radius 2 is 2.10 bits per heavy atom. The zero-order valence-electron chi connectivity index (χ0n) is 13.1. The molecule has 20 heavy (non-hydrogen) atoms. The average molecular weight is 278 g/mol. The maximum Gasteiger partial charge on any atom is 0.227 e. The molecule has 4 nitrogen and oxygen atoms in total. The van der Waals surface area contributed by atoms with Crippen molar-refractivity contribution in [2.45, 2.75) is 26.8 Å². The van der Waals surface area contributed by atoms with Gasteiger partial charge in [-0.05, 0) is 38.6 Å². The van der Waals surface area contributed by atoms with Crippen LogP contribution in [0, 0.1) is 5.92 Å². The highest BCUT2D eigenvalue weighted by Crippen LogP contribution is 2.25. The summed E-state index contributed by atoms with van der Waals surface area (Å²) in [5, 5.41) is 3.06. The maximum atomic E-state index is 12.5. The van der Waals surface area contributed by atoms with Crippen molar-refractivity contribution in [1.29, 1.82) is 0 Å². The molecule has 1 aromatic rings. The molecule has 0 saturated heterocycles. The Labute approximate surface area is 122 Å². The molecule has 0 aliphatic rings. The van der Waals surface area contributed by atoms with Gasteiger partial charge in [-0.3, -0.25) is 4.79 Å². The second-order valence-corrected chi connectivity index (χ2v) is 5.04. The molecular weight excluding hydrogens is 252 g/mol. The molecule has 0 spiro atoms. The zero-order chi connectivity index (χ0) is 15.1. The summed E-state index contributed by atoms with van der Waals surface area (Å²) in [4.78, 5) is 14.4. The Bertz CT molecular complexity index is 434. The van der Waals surface area contributed by atoms with Gasteiger partial charge in [0.15, 0.2) is 0 Å². The SMILES string of the molecule is CCN(C(=O)C(C)CNC)C(C)c1cccc(OC)c1. The summed E-state index contributed by atoms with van der Waals surface area (Å²) in [6, 6.07) is 7.94. The van der Waals surface area contributed by atoms with E-state index < -0.39 is 0 Å². The molecule has 0 saturated carbocycles. The molecule has 112 valence electrons. The van der Waals surface area contributed by atoms with Crippen molar-refractivity contribution in [2.75, 3.05) is 27.2 Å². The number of methoxy groups -OCH3 is 1. The molecule has 0 aromatic heterocycles. The van der Waals surface area contributed by atoms with Gasteiger partial charge in [0.25, 0.3) is 0 Å². The van der Waals surface area contributed by atoms with E-state index >= 15 is 0 Å². The first-order chi connectivity index (χ1) is 9.54. The third kappa shape index (κ3) is 3.97. The fourth-order valence-corrected chi connectivity index (χ4v) is 2.38. The number of carbonyl (C=O) groups is 1. The van der Waals surface area contributed by atoms with Crippen LogP contribution in [-0.2, 0) is 4.79 Å². The number of amides is 1. The number of ether oxygens (including phenoxy) is 1. The van der Waals surface area contributed by atoms with Gasteiger partial charge in [-0.25, -0.2) is 0 Å². The standard InChI is InChI=1S/C16H26N2O2/c1-6-18(16(19)12(2)11-17-4)13(3)14-8-7-9-15(10-14)20-5/h7-10,12-13,17H,6,11H2,1-5H3. The summed E-state index contributed by atoms with van der Waals surface area (Å²) in [6.45, 7) is 7.42. The average Bonchev–Trinajstić information content (AvgIpc) is 2.48. The first-order valence-electron chi connectivity index (χ1n) is 7.14. The summed E-state index contributed by atoms with van der Waals surface area (Å²) in [5.74, 6) is 0.978. The molecule has 0 aliphatic carbocycles. The summed E-state index contributed by atoms with van der Waals surface area (Å²) < 4.78 is 5.25. The lowest BCUT2D eigenvalue weighted by atomic mass is 10.0. The molecule has 1 amide bonds. The van der Waals surface area contributed by atoms with Crippen molar-refractivity contribution in [3.63, 3.8) is 0 Å². The van der Waals surface area contributed by atoms with Gasteiger partial charge in [-0.15, -0.1) is 0 Å². The molecule has 1 N–H and O–H groups in total. The molecule has 0 fully saturated rings. The predicted octanol–water partition coefficient (Wildman–Crippen LogP) is 2.46. The van der Waals surface area contributed by atoms with Crippen molar-refractivity contribution in [3.05, 3.63) is 29.8 Å². The van der Waals surface area contributed by atoms with E-state index in [1.807, 2.05) is 50.1 Å². The Morgan fingerprint density at radius 3 is 2.65 bits per heavy atom. The normalized spacial score (nSPS) is 13.7. The lowest BCUT2D eigenvalue weighted by Gasteiger charge is -2.31. The summed E-state index contributed by atoms with van der Waals surface area (Å²) in [7, 11) is 3.52. The van der Waals surface area contributed by atoms with Gasteiger partial charge in [0.05, 0.1) is 13.2 Å². The number of nitrogens with zero attached hydrogens (tertiary/aromatic N) is 1. The van der Waals surface area contributed by atoms with E-state index in [2.05, 4.69) is 12.2 Å². The van der Waals surface area contributed by atoms with E-state index in [-0.39, 0.29) is 17.9 Å². The van der Waals surface area contributed by atoms with Crippen molar-refractivity contribution < 1.29 is 9.53 Å². The largest absolute Gasteiger partial charge is 0.497 e. The van der Waals surface area contributed by atoms with Gasteiger partial charge in [0, 0.05) is 19.0 Å². The van der Waals surface area contributed by atoms with Crippen LogP contribution in [0.5, 0.6) is 5.75 Å². The number of nitrogens with one attached hydrogen (secondary N) is 1. The molecule has 0 radical (unpaired) electrons. The predicted molar refractivity (Wildman–Crippen MR) is 81.9 cm³/mol. The lowest BCUT2D eigenvalue weighted by molar-refractivity contribution is -0.136. The minimum Gasteiger partial charge on any atom is -0.497 e. The molecule has 0 aliphatic heterocycles. The number of hydrogen-bond acceptors (Lipinski definition) is 3. The van der Waals surface area contributed by atoms with Gasteiger partial charge in [0.2, 0.25) is 5.91 Å². The van der Waals surface area contributed by atoms with Crippen molar-refractivity contribution in [1.82, 2.24) is 10.2 Å². The second-order valence-electron chi connectivity index (χ2n) is 5.04. The fourth-order valence-electron chi connectivity index (χ4n) is 2.38. The second kappa shape index (κ2) is 7.90. The van der Waals surface area contributed by atoms with Crippen molar-refractivity contribution >= 4 is 5.91 Å². The third-order valence-corrected chi connectivity index (χ3v) is 3.60. The minimum atomic E-state index is -0.0204. The molecule has 0 bridgehead atoms. The van der Waals surface area contributed by atoms with E-state index in [4.69, 9.17) is 4.74 Å². The van der Waals surface area contributed by atoms with Crippen LogP contribution in [0.25, 0.3) is 0 Å².